The maximum Gasteiger partial charge on any atom is 0.135 e. The molecule has 0 saturated carbocycles. The molecule has 4 aromatic heterocycles. The van der Waals surface area contributed by atoms with Crippen LogP contribution in [0.4, 0.5) is 11.4 Å². The Labute approximate surface area is 324 Å². The molecule has 0 saturated heterocycles. The Morgan fingerprint density at radius 2 is 1.51 bits per heavy atom. The Morgan fingerprint density at radius 3 is 2.34 bits per heavy atom. The number of nitrogens with zero attached hydrogens (tertiary/aromatic N) is 6. The Bertz CT molecular complexity index is 2620. The molecule has 53 heavy (non-hydrogen) atoms. The molecule has 0 amide bonds. The zero-order valence-corrected chi connectivity index (χ0v) is 32.4. The summed E-state index contributed by atoms with van der Waals surface area (Å²) in [6, 6.07) is 40.8. The summed E-state index contributed by atoms with van der Waals surface area (Å²) >= 11 is 0. The van der Waals surface area contributed by atoms with Gasteiger partial charge in [0, 0.05) is 61.9 Å². The fourth-order valence-electron chi connectivity index (χ4n) is 7.15. The van der Waals surface area contributed by atoms with Crippen molar-refractivity contribution in [3.05, 3.63) is 164 Å². The summed E-state index contributed by atoms with van der Waals surface area (Å²) in [5, 5.41) is 2.12. The molecule has 7 nitrogen and oxygen atoms in total. The zero-order chi connectivity index (χ0) is 35.6. The minimum absolute atomic E-state index is 0. The third kappa shape index (κ3) is 5.99. The molecule has 9 rings (SSSR count). The number of imidazole rings is 1. The number of rotatable bonds is 6. The predicted molar refractivity (Wildman–Crippen MR) is 207 cm³/mol. The van der Waals surface area contributed by atoms with Crippen molar-refractivity contribution in [2.75, 3.05) is 4.90 Å². The van der Waals surface area contributed by atoms with Gasteiger partial charge < -0.3 is 23.8 Å². The van der Waals surface area contributed by atoms with E-state index in [1.54, 1.807) is 0 Å². The molecule has 4 aromatic carbocycles. The molecule has 266 valence electrons. The summed E-state index contributed by atoms with van der Waals surface area (Å²) in [6.45, 7) is 13.2. The molecule has 0 fully saturated rings. The van der Waals surface area contributed by atoms with Gasteiger partial charge in [-0.1, -0.05) is 101 Å². The number of benzene rings is 4. The second kappa shape index (κ2) is 13.1. The standard InChI is InChI=1S/C45H37N6O.Pt/c1-44(2,3)32-23-33(50-29-49-22-21-48-43(49)38-13-9-10-14-39(38)50)26-35(24-32)52-34-15-16-36-37-18-19-46-28-41(37)51(40(36)27-34)42-25-31(17-20-47-42)45(4,5)30-11-7-6-8-12-30;/h6-25,28-29H,1-5H3;/q-3;. The predicted octanol–water partition coefficient (Wildman–Crippen LogP) is 10.6. The van der Waals surface area contributed by atoms with E-state index >= 15 is 0 Å². The number of fused-ring (bicyclic) bond motifs is 6. The van der Waals surface area contributed by atoms with Crippen LogP contribution in [0.5, 0.6) is 11.5 Å². The van der Waals surface area contributed by atoms with Gasteiger partial charge in [0.15, 0.2) is 0 Å². The monoisotopic (exact) mass is 872 g/mol. The molecule has 0 atom stereocenters. The van der Waals surface area contributed by atoms with Crippen LogP contribution in [0.2, 0.25) is 0 Å². The molecule has 8 aromatic rings. The molecule has 8 heteroatoms. The average Bonchev–Trinajstić information content (AvgIpc) is 3.77. The molecular weight excluding hydrogens is 836 g/mol. The maximum absolute atomic E-state index is 6.70. The van der Waals surface area contributed by atoms with Gasteiger partial charge in [0.1, 0.15) is 5.82 Å². The Hall–Kier alpha value is -5.65. The van der Waals surface area contributed by atoms with Crippen LogP contribution >= 0.6 is 0 Å². The van der Waals surface area contributed by atoms with Crippen LogP contribution in [0.3, 0.4) is 0 Å². The summed E-state index contributed by atoms with van der Waals surface area (Å²) < 4.78 is 10.9. The van der Waals surface area contributed by atoms with Crippen LogP contribution in [0, 0.1) is 18.8 Å². The van der Waals surface area contributed by atoms with Gasteiger partial charge in [-0.15, -0.1) is 41.3 Å². The molecule has 1 aliphatic heterocycles. The van der Waals surface area contributed by atoms with Gasteiger partial charge in [0.2, 0.25) is 0 Å². The van der Waals surface area contributed by atoms with Crippen molar-refractivity contribution in [3.63, 3.8) is 0 Å². The Kier molecular flexibility index (Phi) is 8.50. The van der Waals surface area contributed by atoms with Gasteiger partial charge >= 0.3 is 0 Å². The SMILES string of the molecule is CC(C)(C)c1cc(Oc2[c-]c3c(cc2)c2ccncc2n3-c2cc(C(C)(C)c3ccccc3)ccn2)[c-]c(N2[CH-]n3ccnc3-c3ccccc32)c1.[Pt]. The topological polar surface area (TPSA) is 61.0 Å². The quantitative estimate of drug-likeness (QED) is 0.156. The van der Waals surface area contributed by atoms with E-state index in [0.29, 0.717) is 11.5 Å². The van der Waals surface area contributed by atoms with Crippen molar-refractivity contribution >= 4 is 33.2 Å². The summed E-state index contributed by atoms with van der Waals surface area (Å²) in [5.41, 5.74) is 7.93. The molecule has 0 unspecified atom stereocenters. The molecular formula is C45H37N6OPt-3. The van der Waals surface area contributed by atoms with Gasteiger partial charge in [-0.3, -0.25) is 4.98 Å². The number of pyridine rings is 2. The third-order valence-electron chi connectivity index (χ3n) is 10.1. The van der Waals surface area contributed by atoms with E-state index in [4.69, 9.17) is 9.72 Å². The van der Waals surface area contributed by atoms with Crippen molar-refractivity contribution in [2.45, 2.75) is 45.4 Å². The second-order valence-electron chi connectivity index (χ2n) is 14.8. The van der Waals surface area contributed by atoms with E-state index in [1.807, 2.05) is 53.8 Å². The first-order valence-corrected chi connectivity index (χ1v) is 17.5. The Morgan fingerprint density at radius 1 is 0.698 bits per heavy atom. The zero-order valence-electron chi connectivity index (χ0n) is 30.1. The van der Waals surface area contributed by atoms with E-state index in [1.165, 1.54) is 5.56 Å². The first-order valence-electron chi connectivity index (χ1n) is 17.5. The number of anilines is 2. The van der Waals surface area contributed by atoms with Crippen molar-refractivity contribution in [1.29, 1.82) is 0 Å². The minimum Gasteiger partial charge on any atom is -0.509 e. The molecule has 0 radical (unpaired) electrons. The first-order chi connectivity index (χ1) is 25.1. The van der Waals surface area contributed by atoms with Crippen LogP contribution in [0.1, 0.15) is 51.3 Å². The molecule has 1 aliphatic rings. The second-order valence-corrected chi connectivity index (χ2v) is 14.8. The summed E-state index contributed by atoms with van der Waals surface area (Å²) in [6.07, 6.45) is 9.41. The maximum atomic E-state index is 6.70. The van der Waals surface area contributed by atoms with E-state index in [2.05, 4.69) is 152 Å². The average molecular weight is 873 g/mol. The van der Waals surface area contributed by atoms with Crippen molar-refractivity contribution in [1.82, 2.24) is 24.1 Å². The Balaban J connectivity index is 0.00000400. The van der Waals surface area contributed by atoms with Crippen LogP contribution < -0.4 is 9.64 Å². The van der Waals surface area contributed by atoms with Crippen LogP contribution in [-0.4, -0.2) is 24.1 Å². The minimum atomic E-state index is -0.231. The van der Waals surface area contributed by atoms with Crippen LogP contribution in [0.15, 0.2) is 128 Å². The van der Waals surface area contributed by atoms with Crippen LogP contribution in [0.25, 0.3) is 39.0 Å². The molecule has 0 bridgehead atoms. The van der Waals surface area contributed by atoms with E-state index in [0.717, 1.165) is 61.5 Å². The third-order valence-corrected chi connectivity index (χ3v) is 10.1. The van der Waals surface area contributed by atoms with Gasteiger partial charge in [0.05, 0.1) is 11.7 Å². The van der Waals surface area contributed by atoms with E-state index in [9.17, 15) is 0 Å². The fourth-order valence-corrected chi connectivity index (χ4v) is 7.15. The largest absolute Gasteiger partial charge is 0.509 e. The number of hydrogen-bond donors (Lipinski definition) is 0. The van der Waals surface area contributed by atoms with Crippen molar-refractivity contribution < 1.29 is 25.8 Å². The number of ether oxygens (including phenoxy) is 1. The van der Waals surface area contributed by atoms with Gasteiger partial charge in [-0.2, -0.15) is 6.07 Å². The van der Waals surface area contributed by atoms with Crippen molar-refractivity contribution in [2.24, 2.45) is 0 Å². The molecule has 0 spiro atoms. The van der Waals surface area contributed by atoms with Crippen LogP contribution in [-0.2, 0) is 31.9 Å². The molecule has 0 aliphatic carbocycles. The normalized spacial score (nSPS) is 12.6. The van der Waals surface area contributed by atoms with Crippen molar-refractivity contribution in [3.8, 4) is 28.7 Å². The number of hydrogen-bond acceptors (Lipinski definition) is 5. The fraction of sp³-hybridized carbons (Fsp3) is 0.156. The first kappa shape index (κ1) is 34.4. The molecule has 5 heterocycles. The van der Waals surface area contributed by atoms with E-state index in [-0.39, 0.29) is 31.9 Å². The molecule has 0 N–H and O–H groups in total. The van der Waals surface area contributed by atoms with Gasteiger partial charge in [-0.25, -0.2) is 4.98 Å². The smallest absolute Gasteiger partial charge is 0.135 e. The van der Waals surface area contributed by atoms with E-state index < -0.39 is 0 Å². The summed E-state index contributed by atoms with van der Waals surface area (Å²) in [5.74, 6) is 2.89. The summed E-state index contributed by atoms with van der Waals surface area (Å²) in [7, 11) is 0. The van der Waals surface area contributed by atoms with Gasteiger partial charge in [-0.05, 0) is 64.6 Å². The number of aromatic nitrogens is 5. The summed E-state index contributed by atoms with van der Waals surface area (Å²) in [4.78, 5) is 16.2. The van der Waals surface area contributed by atoms with Gasteiger partial charge in [0.25, 0.3) is 0 Å². The number of para-hydroxylation sites is 1.